The highest BCUT2D eigenvalue weighted by atomic mass is 79.9. The van der Waals surface area contributed by atoms with Crippen LogP contribution < -0.4 is 0 Å². The molecule has 0 spiro atoms. The van der Waals surface area contributed by atoms with Gasteiger partial charge in [-0.3, -0.25) is 0 Å². The highest BCUT2D eigenvalue weighted by molar-refractivity contribution is 9.10. The van der Waals surface area contributed by atoms with E-state index < -0.39 is 5.97 Å². The van der Waals surface area contributed by atoms with Crippen LogP contribution in [0.25, 0.3) is 17.0 Å². The average molecular weight is 281 g/mol. The Balaban J connectivity index is 2.56. The number of benzene rings is 1. The molecule has 0 aliphatic rings. The second-order valence-electron chi connectivity index (χ2n) is 3.40. The van der Waals surface area contributed by atoms with E-state index in [1.54, 1.807) is 0 Å². The molecule has 0 radical (unpaired) electrons. The van der Waals surface area contributed by atoms with Gasteiger partial charge in [0.1, 0.15) is 11.3 Å². The van der Waals surface area contributed by atoms with Crippen molar-refractivity contribution in [2.24, 2.45) is 0 Å². The van der Waals surface area contributed by atoms with Crippen LogP contribution in [0.4, 0.5) is 0 Å². The number of hydrogen-bond donors (Lipinski definition) is 1. The van der Waals surface area contributed by atoms with Crippen molar-refractivity contribution >= 4 is 38.9 Å². The summed E-state index contributed by atoms with van der Waals surface area (Å²) in [4.78, 5) is 10.4. The third-order valence-corrected chi connectivity index (χ3v) is 2.81. The molecular weight excluding hydrogens is 272 g/mol. The number of carbonyl (C=O) groups is 1. The first-order chi connectivity index (χ1) is 7.58. The summed E-state index contributed by atoms with van der Waals surface area (Å²) < 4.78 is 6.50. The number of fused-ring (bicyclic) bond motifs is 1. The van der Waals surface area contributed by atoms with Crippen molar-refractivity contribution in [3.05, 3.63) is 40.1 Å². The summed E-state index contributed by atoms with van der Waals surface area (Å²) >= 11 is 3.38. The molecule has 0 unspecified atom stereocenters. The number of hydrogen-bond acceptors (Lipinski definition) is 2. The maximum absolute atomic E-state index is 10.4. The Morgan fingerprint density at radius 2 is 2.25 bits per heavy atom. The number of carboxylic acid groups (broad SMARTS) is 1. The highest BCUT2D eigenvalue weighted by Crippen LogP contribution is 2.28. The van der Waals surface area contributed by atoms with Gasteiger partial charge < -0.3 is 9.52 Å². The van der Waals surface area contributed by atoms with E-state index in [2.05, 4.69) is 15.9 Å². The van der Waals surface area contributed by atoms with Gasteiger partial charge in [-0.15, -0.1) is 0 Å². The van der Waals surface area contributed by atoms with Crippen molar-refractivity contribution in [1.82, 2.24) is 0 Å². The standard InChI is InChI=1S/C12H9BrO3/c1-7-9-6-8(13)2-3-11(9)16-10(7)4-5-12(14)15/h2-6H,1H3,(H,14,15)/b5-4+. The van der Waals surface area contributed by atoms with Crippen LogP contribution in [-0.4, -0.2) is 11.1 Å². The van der Waals surface area contributed by atoms with Crippen molar-refractivity contribution < 1.29 is 14.3 Å². The lowest BCUT2D eigenvalue weighted by atomic mass is 10.1. The quantitative estimate of drug-likeness (QED) is 0.855. The summed E-state index contributed by atoms with van der Waals surface area (Å²) in [5.74, 6) is -0.406. The van der Waals surface area contributed by atoms with Gasteiger partial charge in [-0.1, -0.05) is 15.9 Å². The topological polar surface area (TPSA) is 50.4 Å². The number of furan rings is 1. The Kier molecular flexibility index (Phi) is 2.83. The minimum atomic E-state index is -0.985. The first-order valence-corrected chi connectivity index (χ1v) is 5.47. The number of aliphatic carboxylic acids is 1. The molecule has 1 aromatic heterocycles. The van der Waals surface area contributed by atoms with E-state index in [0.29, 0.717) is 5.76 Å². The maximum Gasteiger partial charge on any atom is 0.328 e. The summed E-state index contributed by atoms with van der Waals surface area (Å²) in [6.45, 7) is 1.90. The van der Waals surface area contributed by atoms with Gasteiger partial charge in [0.25, 0.3) is 0 Å². The highest BCUT2D eigenvalue weighted by Gasteiger charge is 2.08. The van der Waals surface area contributed by atoms with Crippen LogP contribution in [0.3, 0.4) is 0 Å². The van der Waals surface area contributed by atoms with Crippen LogP contribution in [0.2, 0.25) is 0 Å². The lowest BCUT2D eigenvalue weighted by Crippen LogP contribution is -1.85. The zero-order chi connectivity index (χ0) is 11.7. The molecule has 0 amide bonds. The van der Waals surface area contributed by atoms with Crippen LogP contribution in [0.15, 0.2) is 33.2 Å². The molecule has 1 heterocycles. The van der Waals surface area contributed by atoms with Crippen LogP contribution in [0.5, 0.6) is 0 Å². The van der Waals surface area contributed by atoms with Crippen LogP contribution in [0.1, 0.15) is 11.3 Å². The Morgan fingerprint density at radius 3 is 2.94 bits per heavy atom. The molecule has 16 heavy (non-hydrogen) atoms. The lowest BCUT2D eigenvalue weighted by molar-refractivity contribution is -0.131. The summed E-state index contributed by atoms with van der Waals surface area (Å²) in [7, 11) is 0. The molecule has 0 fully saturated rings. The van der Waals surface area contributed by atoms with Gasteiger partial charge in [-0.2, -0.15) is 0 Å². The van der Waals surface area contributed by atoms with Crippen molar-refractivity contribution in [2.45, 2.75) is 6.92 Å². The monoisotopic (exact) mass is 280 g/mol. The number of aryl methyl sites for hydroxylation is 1. The fourth-order valence-electron chi connectivity index (χ4n) is 1.52. The van der Waals surface area contributed by atoms with Crippen molar-refractivity contribution in [2.75, 3.05) is 0 Å². The number of halogens is 1. The molecule has 4 heteroatoms. The summed E-state index contributed by atoms with van der Waals surface area (Å²) in [5.41, 5.74) is 1.69. The van der Waals surface area contributed by atoms with Crippen LogP contribution in [-0.2, 0) is 4.79 Å². The number of carboxylic acids is 1. The molecule has 0 atom stereocenters. The van der Waals surface area contributed by atoms with Crippen LogP contribution >= 0.6 is 15.9 Å². The minimum absolute atomic E-state index is 0.579. The van der Waals surface area contributed by atoms with E-state index in [0.717, 1.165) is 27.1 Å². The molecule has 3 nitrogen and oxygen atoms in total. The first-order valence-electron chi connectivity index (χ1n) is 4.67. The summed E-state index contributed by atoms with van der Waals surface area (Å²) in [5, 5.41) is 9.53. The van der Waals surface area contributed by atoms with E-state index in [4.69, 9.17) is 9.52 Å². The van der Waals surface area contributed by atoms with Gasteiger partial charge in [-0.05, 0) is 31.2 Å². The Bertz CT molecular complexity index is 581. The molecule has 1 N–H and O–H groups in total. The predicted octanol–water partition coefficient (Wildman–Crippen LogP) is 3.60. The Labute approximate surface area is 101 Å². The van der Waals surface area contributed by atoms with E-state index in [1.165, 1.54) is 6.08 Å². The minimum Gasteiger partial charge on any atom is -0.478 e. The molecular formula is C12H9BrO3. The second kappa shape index (κ2) is 4.14. The van der Waals surface area contributed by atoms with Crippen molar-refractivity contribution in [3.63, 3.8) is 0 Å². The first kappa shape index (κ1) is 11.0. The molecule has 82 valence electrons. The lowest BCUT2D eigenvalue weighted by Gasteiger charge is -1.90. The van der Waals surface area contributed by atoms with E-state index in [9.17, 15) is 4.79 Å². The van der Waals surface area contributed by atoms with Gasteiger partial charge in [0.15, 0.2) is 0 Å². The third-order valence-electron chi connectivity index (χ3n) is 2.31. The molecule has 0 saturated carbocycles. The fourth-order valence-corrected chi connectivity index (χ4v) is 1.88. The SMILES string of the molecule is Cc1c(/C=C/C(=O)O)oc2ccc(Br)cc12. The molecule has 2 rings (SSSR count). The van der Waals surface area contributed by atoms with E-state index in [1.807, 2.05) is 25.1 Å². The van der Waals surface area contributed by atoms with Crippen molar-refractivity contribution in [1.29, 1.82) is 0 Å². The average Bonchev–Trinajstić information content (AvgIpc) is 2.53. The van der Waals surface area contributed by atoms with Gasteiger partial charge in [0.2, 0.25) is 0 Å². The fraction of sp³-hybridized carbons (Fsp3) is 0.0833. The largest absolute Gasteiger partial charge is 0.478 e. The molecule has 0 saturated heterocycles. The van der Waals surface area contributed by atoms with Gasteiger partial charge >= 0.3 is 5.97 Å². The molecule has 2 aromatic rings. The van der Waals surface area contributed by atoms with Gasteiger partial charge in [-0.25, -0.2) is 4.79 Å². The van der Waals surface area contributed by atoms with E-state index >= 15 is 0 Å². The van der Waals surface area contributed by atoms with Gasteiger partial charge in [0.05, 0.1) is 0 Å². The smallest absolute Gasteiger partial charge is 0.328 e. The zero-order valence-electron chi connectivity index (χ0n) is 8.53. The van der Waals surface area contributed by atoms with Crippen LogP contribution in [0, 0.1) is 6.92 Å². The van der Waals surface area contributed by atoms with Crippen molar-refractivity contribution in [3.8, 4) is 0 Å². The van der Waals surface area contributed by atoms with E-state index in [-0.39, 0.29) is 0 Å². The second-order valence-corrected chi connectivity index (χ2v) is 4.32. The Hall–Kier alpha value is -1.55. The normalized spacial score (nSPS) is 11.4. The molecule has 1 aromatic carbocycles. The summed E-state index contributed by atoms with van der Waals surface area (Å²) in [6, 6.07) is 5.69. The summed E-state index contributed by atoms with van der Waals surface area (Å²) in [6.07, 6.45) is 2.53. The predicted molar refractivity (Wildman–Crippen MR) is 65.3 cm³/mol. The zero-order valence-corrected chi connectivity index (χ0v) is 10.1. The molecule has 0 aliphatic heterocycles. The Morgan fingerprint density at radius 1 is 1.50 bits per heavy atom. The number of rotatable bonds is 2. The third kappa shape index (κ3) is 2.02. The van der Waals surface area contributed by atoms with Gasteiger partial charge in [0, 0.05) is 21.5 Å². The maximum atomic E-state index is 10.4. The molecule has 0 aliphatic carbocycles. The molecule has 0 bridgehead atoms.